The van der Waals surface area contributed by atoms with Crippen molar-refractivity contribution in [1.82, 2.24) is 10.3 Å². The second kappa shape index (κ2) is 4.14. The van der Waals surface area contributed by atoms with Crippen molar-refractivity contribution in [3.63, 3.8) is 0 Å². The van der Waals surface area contributed by atoms with E-state index in [0.717, 1.165) is 10.9 Å². The van der Waals surface area contributed by atoms with Gasteiger partial charge >= 0.3 is 0 Å². The third-order valence-electron chi connectivity index (χ3n) is 2.84. The second-order valence-electron chi connectivity index (χ2n) is 4.12. The molecule has 1 fully saturated rings. The third-order valence-corrected chi connectivity index (χ3v) is 2.84. The molecule has 1 amide bonds. The van der Waals surface area contributed by atoms with Gasteiger partial charge in [-0.1, -0.05) is 6.07 Å². The fourth-order valence-corrected chi connectivity index (χ4v) is 1.80. The molecule has 1 aromatic heterocycles. The zero-order chi connectivity index (χ0) is 11.7. The summed E-state index contributed by atoms with van der Waals surface area (Å²) in [7, 11) is 0. The minimum atomic E-state index is -0.0518. The van der Waals surface area contributed by atoms with Crippen molar-refractivity contribution in [1.29, 1.82) is 0 Å². The number of hydrogen-bond acceptors (Lipinski definition) is 3. The second-order valence-corrected chi connectivity index (χ2v) is 4.12. The summed E-state index contributed by atoms with van der Waals surface area (Å²) in [4.78, 5) is 16.1. The van der Waals surface area contributed by atoms with Gasteiger partial charge in [-0.05, 0) is 24.3 Å². The van der Waals surface area contributed by atoms with Crippen molar-refractivity contribution in [3.05, 3.63) is 42.1 Å². The molecule has 0 atom stereocenters. The Bertz CT molecular complexity index is 564. The summed E-state index contributed by atoms with van der Waals surface area (Å²) in [6, 6.07) is 9.49. The minimum absolute atomic E-state index is 0.0518. The Morgan fingerprint density at radius 3 is 3.00 bits per heavy atom. The molecule has 3 rings (SSSR count). The smallest absolute Gasteiger partial charge is 0.251 e. The maximum absolute atomic E-state index is 11.9. The number of amides is 1. The van der Waals surface area contributed by atoms with Crippen molar-refractivity contribution in [3.8, 4) is 0 Å². The summed E-state index contributed by atoms with van der Waals surface area (Å²) >= 11 is 0. The van der Waals surface area contributed by atoms with Gasteiger partial charge in [0.1, 0.15) is 0 Å². The number of nitrogens with one attached hydrogen (secondary N) is 1. The van der Waals surface area contributed by atoms with Crippen molar-refractivity contribution in [2.24, 2.45) is 0 Å². The largest absolute Gasteiger partial charge is 0.377 e. The molecule has 2 aromatic rings. The third kappa shape index (κ3) is 1.99. The van der Waals surface area contributed by atoms with Crippen LogP contribution in [-0.2, 0) is 4.74 Å². The number of hydrogen-bond donors (Lipinski definition) is 1. The van der Waals surface area contributed by atoms with E-state index in [1.807, 2.05) is 24.3 Å². The quantitative estimate of drug-likeness (QED) is 0.844. The van der Waals surface area contributed by atoms with E-state index in [-0.39, 0.29) is 11.9 Å². The van der Waals surface area contributed by atoms with E-state index in [0.29, 0.717) is 18.8 Å². The van der Waals surface area contributed by atoms with E-state index >= 15 is 0 Å². The first-order valence-electron chi connectivity index (χ1n) is 5.56. The van der Waals surface area contributed by atoms with Gasteiger partial charge in [0.05, 0.1) is 24.8 Å². The van der Waals surface area contributed by atoms with Crippen LogP contribution in [0.2, 0.25) is 0 Å². The van der Waals surface area contributed by atoms with Gasteiger partial charge in [0, 0.05) is 17.1 Å². The van der Waals surface area contributed by atoms with Crippen LogP contribution in [0.1, 0.15) is 10.4 Å². The number of rotatable bonds is 2. The summed E-state index contributed by atoms with van der Waals surface area (Å²) in [5, 5.41) is 3.89. The molecular formula is C13H12N2O2. The van der Waals surface area contributed by atoms with Gasteiger partial charge in [-0.25, -0.2) is 0 Å². The lowest BCUT2D eigenvalue weighted by atomic mass is 10.1. The molecule has 2 heterocycles. The monoisotopic (exact) mass is 228 g/mol. The van der Waals surface area contributed by atoms with E-state index < -0.39 is 0 Å². The molecule has 1 aliphatic heterocycles. The number of fused-ring (bicyclic) bond motifs is 1. The molecular weight excluding hydrogens is 216 g/mol. The molecule has 1 N–H and O–H groups in total. The average Bonchev–Trinajstić information content (AvgIpc) is 2.33. The average molecular weight is 228 g/mol. The zero-order valence-corrected chi connectivity index (χ0v) is 9.22. The van der Waals surface area contributed by atoms with Gasteiger partial charge in [-0.2, -0.15) is 0 Å². The number of pyridine rings is 1. The SMILES string of the molecule is O=C(NC1COC1)c1ccc2ncccc2c1. The summed E-state index contributed by atoms with van der Waals surface area (Å²) in [6.07, 6.45) is 1.74. The lowest BCUT2D eigenvalue weighted by Gasteiger charge is -2.26. The number of aromatic nitrogens is 1. The normalized spacial score (nSPS) is 15.5. The van der Waals surface area contributed by atoms with E-state index in [1.165, 1.54) is 0 Å². The number of nitrogens with zero attached hydrogens (tertiary/aromatic N) is 1. The van der Waals surface area contributed by atoms with Crippen LogP contribution in [0.15, 0.2) is 36.5 Å². The Labute approximate surface area is 98.6 Å². The lowest BCUT2D eigenvalue weighted by molar-refractivity contribution is -0.00346. The lowest BCUT2D eigenvalue weighted by Crippen LogP contribution is -2.48. The zero-order valence-electron chi connectivity index (χ0n) is 9.22. The van der Waals surface area contributed by atoms with E-state index in [2.05, 4.69) is 10.3 Å². The highest BCUT2D eigenvalue weighted by Gasteiger charge is 2.20. The number of ether oxygens (including phenoxy) is 1. The van der Waals surface area contributed by atoms with Crippen LogP contribution >= 0.6 is 0 Å². The molecule has 0 aliphatic carbocycles. The van der Waals surface area contributed by atoms with Crippen LogP contribution in [0.3, 0.4) is 0 Å². The molecule has 4 heteroatoms. The molecule has 4 nitrogen and oxygen atoms in total. The van der Waals surface area contributed by atoms with E-state index in [9.17, 15) is 4.79 Å². The van der Waals surface area contributed by atoms with Gasteiger partial charge in [-0.3, -0.25) is 9.78 Å². The first-order valence-corrected chi connectivity index (χ1v) is 5.56. The number of carbonyl (C=O) groups excluding carboxylic acids is 1. The predicted octanol–water partition coefficient (Wildman–Crippen LogP) is 1.36. The fourth-order valence-electron chi connectivity index (χ4n) is 1.80. The molecule has 0 spiro atoms. The highest BCUT2D eigenvalue weighted by atomic mass is 16.5. The van der Waals surface area contributed by atoms with Gasteiger partial charge in [0.15, 0.2) is 0 Å². The molecule has 0 radical (unpaired) electrons. The fraction of sp³-hybridized carbons (Fsp3) is 0.231. The highest BCUT2D eigenvalue weighted by molar-refractivity contribution is 5.98. The Kier molecular flexibility index (Phi) is 2.49. The molecule has 86 valence electrons. The molecule has 1 aliphatic rings. The maximum atomic E-state index is 11.9. The first-order chi connectivity index (χ1) is 8.33. The van der Waals surface area contributed by atoms with Crippen LogP contribution in [0.4, 0.5) is 0 Å². The molecule has 0 unspecified atom stereocenters. The summed E-state index contributed by atoms with van der Waals surface area (Å²) < 4.78 is 5.02. The van der Waals surface area contributed by atoms with Crippen molar-refractivity contribution < 1.29 is 9.53 Å². The molecule has 1 saturated heterocycles. The van der Waals surface area contributed by atoms with Crippen molar-refractivity contribution in [2.75, 3.05) is 13.2 Å². The van der Waals surface area contributed by atoms with Gasteiger partial charge in [0.2, 0.25) is 0 Å². The Morgan fingerprint density at radius 1 is 1.35 bits per heavy atom. The minimum Gasteiger partial charge on any atom is -0.377 e. The van der Waals surface area contributed by atoms with Gasteiger partial charge in [-0.15, -0.1) is 0 Å². The van der Waals surface area contributed by atoms with E-state index in [4.69, 9.17) is 4.74 Å². The van der Waals surface area contributed by atoms with Crippen LogP contribution in [0, 0.1) is 0 Å². The van der Waals surface area contributed by atoms with E-state index in [1.54, 1.807) is 12.3 Å². The Balaban J connectivity index is 1.86. The molecule has 1 aromatic carbocycles. The summed E-state index contributed by atoms with van der Waals surface area (Å²) in [5.74, 6) is -0.0518. The van der Waals surface area contributed by atoms with Gasteiger partial charge < -0.3 is 10.1 Å². The van der Waals surface area contributed by atoms with Crippen LogP contribution in [0.5, 0.6) is 0 Å². The Hall–Kier alpha value is -1.94. The van der Waals surface area contributed by atoms with Crippen LogP contribution in [-0.4, -0.2) is 30.1 Å². The molecule has 0 bridgehead atoms. The topological polar surface area (TPSA) is 51.2 Å². The summed E-state index contributed by atoms with van der Waals surface area (Å²) in [5.41, 5.74) is 1.56. The standard InChI is InChI=1S/C13H12N2O2/c16-13(15-11-7-17-8-11)10-3-4-12-9(6-10)2-1-5-14-12/h1-6,11H,7-8H2,(H,15,16). The highest BCUT2D eigenvalue weighted by Crippen LogP contribution is 2.13. The van der Waals surface area contributed by atoms with Crippen LogP contribution in [0.25, 0.3) is 10.9 Å². The number of benzene rings is 1. The summed E-state index contributed by atoms with van der Waals surface area (Å²) in [6.45, 7) is 1.22. The van der Waals surface area contributed by atoms with Crippen LogP contribution < -0.4 is 5.32 Å². The Morgan fingerprint density at radius 2 is 2.24 bits per heavy atom. The molecule has 0 saturated carbocycles. The van der Waals surface area contributed by atoms with Crippen molar-refractivity contribution in [2.45, 2.75) is 6.04 Å². The predicted molar refractivity (Wildman–Crippen MR) is 63.8 cm³/mol. The van der Waals surface area contributed by atoms with Crippen molar-refractivity contribution >= 4 is 16.8 Å². The molecule has 17 heavy (non-hydrogen) atoms. The maximum Gasteiger partial charge on any atom is 0.251 e. The number of carbonyl (C=O) groups is 1. The first kappa shape index (κ1) is 10.2. The van der Waals surface area contributed by atoms with Gasteiger partial charge in [0.25, 0.3) is 5.91 Å².